The molecule has 2 heterocycles. The van der Waals surface area contributed by atoms with Crippen LogP contribution in [0.1, 0.15) is 24.0 Å². The molecule has 0 unspecified atom stereocenters. The zero-order chi connectivity index (χ0) is 12.7. The van der Waals surface area contributed by atoms with Crippen LogP contribution in [0, 0.1) is 0 Å². The summed E-state index contributed by atoms with van der Waals surface area (Å²) in [7, 11) is 0. The van der Waals surface area contributed by atoms with Gasteiger partial charge in [0.1, 0.15) is 0 Å². The van der Waals surface area contributed by atoms with Gasteiger partial charge in [0, 0.05) is 11.3 Å². The van der Waals surface area contributed by atoms with Gasteiger partial charge in [-0.05, 0) is 36.2 Å². The van der Waals surface area contributed by atoms with E-state index >= 15 is 0 Å². The van der Waals surface area contributed by atoms with Gasteiger partial charge in [-0.25, -0.2) is 4.57 Å². The van der Waals surface area contributed by atoms with Crippen LogP contribution in [-0.2, 0) is 19.4 Å². The predicted molar refractivity (Wildman–Crippen MR) is 77.2 cm³/mol. The lowest BCUT2D eigenvalue weighted by atomic mass is 9.90. The fourth-order valence-corrected chi connectivity index (χ4v) is 4.32. The van der Waals surface area contributed by atoms with E-state index in [1.807, 2.05) is 11.8 Å². The maximum Gasteiger partial charge on any atom is 0.287 e. The molecule has 1 aliphatic heterocycles. The first-order chi connectivity index (χ1) is 9.43. The Bertz CT molecular complexity index is 637. The fraction of sp³-hybridized carbons (Fsp3) is 0.375. The van der Waals surface area contributed by atoms with Crippen LogP contribution < -0.4 is 4.57 Å². The Balaban J connectivity index is 1.92. The first-order valence-corrected chi connectivity index (χ1v) is 8.04. The molecular formula is C16H17N2S+. The van der Waals surface area contributed by atoms with Gasteiger partial charge in [-0.2, -0.15) is 0 Å². The van der Waals surface area contributed by atoms with E-state index in [-0.39, 0.29) is 0 Å². The summed E-state index contributed by atoms with van der Waals surface area (Å²) in [6, 6.07) is 8.73. The number of fused-ring (bicyclic) bond motifs is 5. The Labute approximate surface area is 117 Å². The Morgan fingerprint density at radius 2 is 2.05 bits per heavy atom. The van der Waals surface area contributed by atoms with Crippen molar-refractivity contribution in [3.63, 3.8) is 0 Å². The van der Waals surface area contributed by atoms with Crippen molar-refractivity contribution in [2.45, 2.75) is 37.3 Å². The van der Waals surface area contributed by atoms with E-state index in [9.17, 15) is 0 Å². The average Bonchev–Trinajstić information content (AvgIpc) is 2.72. The van der Waals surface area contributed by atoms with Crippen LogP contribution in [0.5, 0.6) is 0 Å². The van der Waals surface area contributed by atoms with E-state index in [2.05, 4.69) is 35.2 Å². The molecule has 0 N–H and O–H groups in total. The van der Waals surface area contributed by atoms with Gasteiger partial charge in [-0.15, -0.1) is 0 Å². The zero-order valence-corrected chi connectivity index (χ0v) is 11.7. The lowest BCUT2D eigenvalue weighted by Crippen LogP contribution is -2.37. The monoisotopic (exact) mass is 269 g/mol. The maximum atomic E-state index is 4.77. The highest BCUT2D eigenvalue weighted by atomic mass is 32.2. The van der Waals surface area contributed by atoms with E-state index in [1.54, 1.807) is 0 Å². The minimum Gasteiger partial charge on any atom is -0.224 e. The number of hydrogen-bond donors (Lipinski definition) is 0. The molecule has 2 nitrogen and oxygen atoms in total. The molecule has 1 aliphatic carbocycles. The number of thioether (sulfide) groups is 1. The minimum absolute atomic E-state index is 1.13. The summed E-state index contributed by atoms with van der Waals surface area (Å²) < 4.78 is 2.37. The lowest BCUT2D eigenvalue weighted by Gasteiger charge is -2.17. The van der Waals surface area contributed by atoms with Crippen LogP contribution in [0.4, 0.5) is 0 Å². The Kier molecular flexibility index (Phi) is 2.80. The van der Waals surface area contributed by atoms with Gasteiger partial charge in [0.25, 0.3) is 6.33 Å². The van der Waals surface area contributed by atoms with Gasteiger partial charge in [-0.1, -0.05) is 36.0 Å². The van der Waals surface area contributed by atoms with Crippen molar-refractivity contribution in [1.82, 2.24) is 4.98 Å². The van der Waals surface area contributed by atoms with E-state index < -0.39 is 0 Å². The highest BCUT2D eigenvalue weighted by Crippen LogP contribution is 2.35. The first kappa shape index (κ1) is 11.5. The first-order valence-electron chi connectivity index (χ1n) is 7.06. The third-order valence-electron chi connectivity index (χ3n) is 4.08. The Morgan fingerprint density at radius 1 is 1.11 bits per heavy atom. The van der Waals surface area contributed by atoms with Gasteiger partial charge in [-0.3, -0.25) is 0 Å². The summed E-state index contributed by atoms with van der Waals surface area (Å²) in [6.07, 6.45) is 6.94. The van der Waals surface area contributed by atoms with Crippen molar-refractivity contribution in [3.8, 4) is 11.3 Å². The second-order valence-electron chi connectivity index (χ2n) is 5.28. The molecule has 0 amide bonds. The van der Waals surface area contributed by atoms with Crippen molar-refractivity contribution < 1.29 is 4.57 Å². The molecule has 0 atom stereocenters. The molecule has 0 spiro atoms. The van der Waals surface area contributed by atoms with E-state index in [0.29, 0.717) is 0 Å². The molecule has 1 aromatic heterocycles. The van der Waals surface area contributed by atoms with Gasteiger partial charge < -0.3 is 0 Å². The molecule has 4 rings (SSSR count). The summed E-state index contributed by atoms with van der Waals surface area (Å²) >= 11 is 2.02. The van der Waals surface area contributed by atoms with Crippen molar-refractivity contribution in [2.24, 2.45) is 0 Å². The summed E-state index contributed by atoms with van der Waals surface area (Å²) in [4.78, 5) is 4.77. The number of hydrogen-bond acceptors (Lipinski definition) is 2. The van der Waals surface area contributed by atoms with E-state index in [1.165, 1.54) is 46.0 Å². The molecule has 2 aliphatic rings. The normalized spacial score (nSPS) is 17.1. The SMILES string of the molecule is c1ccc2c(c1)CCc1c-2nc[n+]2c1SCCCC2. The number of aromatic nitrogens is 2. The van der Waals surface area contributed by atoms with Crippen LogP contribution in [0.3, 0.4) is 0 Å². The van der Waals surface area contributed by atoms with Crippen molar-refractivity contribution >= 4 is 11.8 Å². The largest absolute Gasteiger partial charge is 0.287 e. The Hall–Kier alpha value is -1.35. The molecule has 0 saturated carbocycles. The van der Waals surface area contributed by atoms with Gasteiger partial charge >= 0.3 is 0 Å². The summed E-state index contributed by atoms with van der Waals surface area (Å²) in [5.41, 5.74) is 5.50. The van der Waals surface area contributed by atoms with Crippen LogP contribution in [0.25, 0.3) is 11.3 Å². The molecular weight excluding hydrogens is 252 g/mol. The average molecular weight is 269 g/mol. The lowest BCUT2D eigenvalue weighted by molar-refractivity contribution is -0.735. The van der Waals surface area contributed by atoms with Crippen molar-refractivity contribution in [1.29, 1.82) is 0 Å². The Morgan fingerprint density at radius 3 is 3.05 bits per heavy atom. The molecule has 19 heavy (non-hydrogen) atoms. The molecule has 3 heteroatoms. The maximum absolute atomic E-state index is 4.77. The number of nitrogens with zero attached hydrogens (tertiary/aromatic N) is 2. The summed E-state index contributed by atoms with van der Waals surface area (Å²) in [5, 5.41) is 1.47. The van der Waals surface area contributed by atoms with Crippen molar-refractivity contribution in [2.75, 3.05) is 5.75 Å². The number of aryl methyl sites for hydroxylation is 2. The molecule has 1 aromatic carbocycles. The van der Waals surface area contributed by atoms with E-state index in [4.69, 9.17) is 4.98 Å². The zero-order valence-electron chi connectivity index (χ0n) is 10.9. The predicted octanol–water partition coefficient (Wildman–Crippen LogP) is 3.02. The quantitative estimate of drug-likeness (QED) is 0.540. The standard InChI is InChI=1S/C16H17N2S/c1-2-6-13-12(5-1)7-8-14-15(13)17-11-18-9-3-4-10-19-16(14)18/h1-2,5-6,11H,3-4,7-10H2/q+1. The van der Waals surface area contributed by atoms with Crippen molar-refractivity contribution in [3.05, 3.63) is 41.7 Å². The molecule has 0 radical (unpaired) electrons. The second-order valence-corrected chi connectivity index (χ2v) is 6.37. The van der Waals surface area contributed by atoms with E-state index in [0.717, 1.165) is 19.4 Å². The van der Waals surface area contributed by atoms with Crippen LogP contribution >= 0.6 is 11.8 Å². The molecule has 96 valence electrons. The highest BCUT2D eigenvalue weighted by molar-refractivity contribution is 7.99. The smallest absolute Gasteiger partial charge is 0.224 e. The highest BCUT2D eigenvalue weighted by Gasteiger charge is 2.28. The minimum atomic E-state index is 1.13. The molecule has 0 fully saturated rings. The molecule has 0 saturated heterocycles. The topological polar surface area (TPSA) is 16.8 Å². The van der Waals surface area contributed by atoms with Crippen LogP contribution in [0.15, 0.2) is 35.6 Å². The summed E-state index contributed by atoms with van der Waals surface area (Å²) in [5.74, 6) is 1.25. The van der Waals surface area contributed by atoms with Crippen LogP contribution in [-0.4, -0.2) is 10.7 Å². The van der Waals surface area contributed by atoms with Gasteiger partial charge in [0.15, 0.2) is 10.7 Å². The third-order valence-corrected chi connectivity index (χ3v) is 5.33. The third kappa shape index (κ3) is 1.88. The number of rotatable bonds is 0. The van der Waals surface area contributed by atoms with Gasteiger partial charge in [0.2, 0.25) is 0 Å². The van der Waals surface area contributed by atoms with Crippen LogP contribution in [0.2, 0.25) is 0 Å². The molecule has 0 bridgehead atoms. The summed E-state index contributed by atoms with van der Waals surface area (Å²) in [6.45, 7) is 1.13. The number of benzene rings is 1. The van der Waals surface area contributed by atoms with Gasteiger partial charge in [0.05, 0.1) is 12.1 Å². The fourth-order valence-electron chi connectivity index (χ4n) is 3.10. The molecule has 2 aromatic rings. The second kappa shape index (κ2) is 4.64.